The SMILES string of the molecule is C=C1C(C(=O)CC(C)C)C(C)(C)CC2C[C@H]12. The van der Waals surface area contributed by atoms with Gasteiger partial charge in [-0.15, -0.1) is 0 Å². The second-order valence-corrected chi connectivity index (χ2v) is 6.87. The van der Waals surface area contributed by atoms with Crippen LogP contribution >= 0.6 is 0 Å². The molecule has 0 saturated heterocycles. The Kier molecular flexibility index (Phi) is 2.76. The standard InChI is InChI=1S/C15H24O/c1-9(2)6-13(16)14-10(3)12-7-11(12)8-15(14,4)5/h9,11-12,14H,3,6-8H2,1-2,4-5H3/t11?,12-,14?/m1/s1. The van der Waals surface area contributed by atoms with E-state index in [-0.39, 0.29) is 11.3 Å². The molecule has 0 bridgehead atoms. The molecule has 2 unspecified atom stereocenters. The van der Waals surface area contributed by atoms with Gasteiger partial charge in [-0.3, -0.25) is 4.79 Å². The van der Waals surface area contributed by atoms with Crippen LogP contribution in [0.15, 0.2) is 12.2 Å². The molecule has 0 radical (unpaired) electrons. The van der Waals surface area contributed by atoms with Crippen molar-refractivity contribution in [3.8, 4) is 0 Å². The maximum absolute atomic E-state index is 12.3. The third-order valence-corrected chi connectivity index (χ3v) is 4.27. The first-order valence-corrected chi connectivity index (χ1v) is 6.54. The molecule has 0 amide bonds. The van der Waals surface area contributed by atoms with Crippen molar-refractivity contribution in [3.05, 3.63) is 12.2 Å². The number of hydrogen-bond acceptors (Lipinski definition) is 1. The van der Waals surface area contributed by atoms with Gasteiger partial charge in [0.25, 0.3) is 0 Å². The highest BCUT2D eigenvalue weighted by molar-refractivity contribution is 5.85. The summed E-state index contributed by atoms with van der Waals surface area (Å²) in [6.07, 6.45) is 3.21. The van der Waals surface area contributed by atoms with Crippen LogP contribution in [0.25, 0.3) is 0 Å². The molecule has 0 spiro atoms. The molecule has 0 N–H and O–H groups in total. The summed E-state index contributed by atoms with van der Waals surface area (Å²) < 4.78 is 0. The van der Waals surface area contributed by atoms with Gasteiger partial charge < -0.3 is 0 Å². The number of ketones is 1. The smallest absolute Gasteiger partial charge is 0.140 e. The first-order chi connectivity index (χ1) is 7.33. The third-order valence-electron chi connectivity index (χ3n) is 4.27. The van der Waals surface area contributed by atoms with Gasteiger partial charge in [-0.25, -0.2) is 0 Å². The van der Waals surface area contributed by atoms with Crippen LogP contribution in [0.5, 0.6) is 0 Å². The number of carbonyl (C=O) groups is 1. The average molecular weight is 220 g/mol. The molecule has 90 valence electrons. The molecule has 0 aliphatic heterocycles. The Bertz CT molecular complexity index is 324. The quantitative estimate of drug-likeness (QED) is 0.660. The Balaban J connectivity index is 2.16. The van der Waals surface area contributed by atoms with Gasteiger partial charge in [0.2, 0.25) is 0 Å². The molecular formula is C15H24O. The lowest BCUT2D eigenvalue weighted by molar-refractivity contribution is -0.126. The van der Waals surface area contributed by atoms with Crippen molar-refractivity contribution in [2.45, 2.75) is 47.0 Å². The van der Waals surface area contributed by atoms with Crippen molar-refractivity contribution >= 4 is 5.78 Å². The van der Waals surface area contributed by atoms with Gasteiger partial charge in [0.1, 0.15) is 5.78 Å². The van der Waals surface area contributed by atoms with E-state index >= 15 is 0 Å². The highest BCUT2D eigenvalue weighted by Gasteiger charge is 2.54. The molecule has 0 aromatic heterocycles. The van der Waals surface area contributed by atoms with Crippen LogP contribution in [0.3, 0.4) is 0 Å². The summed E-state index contributed by atoms with van der Waals surface area (Å²) in [7, 11) is 0. The zero-order chi connectivity index (χ0) is 12.1. The lowest BCUT2D eigenvalue weighted by Crippen LogP contribution is -2.37. The van der Waals surface area contributed by atoms with Gasteiger partial charge in [-0.05, 0) is 36.0 Å². The summed E-state index contributed by atoms with van der Waals surface area (Å²) in [5, 5.41) is 0. The van der Waals surface area contributed by atoms with Gasteiger partial charge in [0, 0.05) is 12.3 Å². The van der Waals surface area contributed by atoms with E-state index in [4.69, 9.17) is 0 Å². The van der Waals surface area contributed by atoms with Crippen molar-refractivity contribution in [2.75, 3.05) is 0 Å². The third kappa shape index (κ3) is 1.97. The van der Waals surface area contributed by atoms with Crippen molar-refractivity contribution in [3.63, 3.8) is 0 Å². The first-order valence-electron chi connectivity index (χ1n) is 6.54. The van der Waals surface area contributed by atoms with Crippen LogP contribution in [-0.4, -0.2) is 5.78 Å². The Hall–Kier alpha value is -0.590. The van der Waals surface area contributed by atoms with Gasteiger partial charge in [-0.1, -0.05) is 39.8 Å². The zero-order valence-corrected chi connectivity index (χ0v) is 11.0. The van der Waals surface area contributed by atoms with E-state index in [0.29, 0.717) is 24.0 Å². The van der Waals surface area contributed by atoms with Crippen LogP contribution in [-0.2, 0) is 4.79 Å². The first kappa shape index (κ1) is 11.9. The molecular weight excluding hydrogens is 196 g/mol. The van der Waals surface area contributed by atoms with Gasteiger partial charge in [0.05, 0.1) is 0 Å². The number of allylic oxidation sites excluding steroid dienone is 1. The Morgan fingerprint density at radius 2 is 2.12 bits per heavy atom. The summed E-state index contributed by atoms with van der Waals surface area (Å²) in [5.41, 5.74) is 1.38. The van der Waals surface area contributed by atoms with Crippen molar-refractivity contribution in [2.24, 2.45) is 29.1 Å². The number of hydrogen-bond donors (Lipinski definition) is 0. The highest BCUT2D eigenvalue weighted by Crippen LogP contribution is 2.60. The fourth-order valence-corrected chi connectivity index (χ4v) is 3.60. The predicted molar refractivity (Wildman–Crippen MR) is 67.1 cm³/mol. The largest absolute Gasteiger partial charge is 0.299 e. The number of rotatable bonds is 3. The van der Waals surface area contributed by atoms with E-state index in [1.807, 2.05) is 0 Å². The summed E-state index contributed by atoms with van der Waals surface area (Å²) in [6.45, 7) is 13.0. The Morgan fingerprint density at radius 3 is 2.69 bits per heavy atom. The van der Waals surface area contributed by atoms with E-state index in [1.165, 1.54) is 18.4 Å². The van der Waals surface area contributed by atoms with Crippen LogP contribution in [0.1, 0.15) is 47.0 Å². The molecule has 16 heavy (non-hydrogen) atoms. The molecule has 2 aliphatic rings. The maximum atomic E-state index is 12.3. The van der Waals surface area contributed by atoms with Gasteiger partial charge >= 0.3 is 0 Å². The van der Waals surface area contributed by atoms with Crippen LogP contribution in [0.4, 0.5) is 0 Å². The molecule has 2 saturated carbocycles. The fourth-order valence-electron chi connectivity index (χ4n) is 3.60. The minimum Gasteiger partial charge on any atom is -0.299 e. The molecule has 1 heteroatoms. The second-order valence-electron chi connectivity index (χ2n) is 6.87. The summed E-state index contributed by atoms with van der Waals surface area (Å²) in [6, 6.07) is 0. The summed E-state index contributed by atoms with van der Waals surface area (Å²) >= 11 is 0. The van der Waals surface area contributed by atoms with Gasteiger partial charge in [-0.2, -0.15) is 0 Å². The van der Waals surface area contributed by atoms with E-state index in [0.717, 1.165) is 5.92 Å². The van der Waals surface area contributed by atoms with E-state index in [1.54, 1.807) is 0 Å². The number of Topliss-reactive ketones (excluding diaryl/α,β-unsaturated/α-hetero) is 1. The normalized spacial score (nSPS) is 36.1. The van der Waals surface area contributed by atoms with E-state index in [2.05, 4.69) is 34.3 Å². The lowest BCUT2D eigenvalue weighted by Gasteiger charge is -2.39. The molecule has 2 rings (SSSR count). The van der Waals surface area contributed by atoms with Crippen molar-refractivity contribution in [1.29, 1.82) is 0 Å². The minimum absolute atomic E-state index is 0.124. The minimum atomic E-state index is 0.124. The molecule has 0 heterocycles. The summed E-state index contributed by atoms with van der Waals surface area (Å²) in [4.78, 5) is 12.3. The Labute approximate surface area is 99.3 Å². The Morgan fingerprint density at radius 1 is 1.50 bits per heavy atom. The van der Waals surface area contributed by atoms with Crippen molar-refractivity contribution < 1.29 is 4.79 Å². The number of carbonyl (C=O) groups excluding carboxylic acids is 1. The van der Waals surface area contributed by atoms with Crippen LogP contribution in [0.2, 0.25) is 0 Å². The average Bonchev–Trinajstić information content (AvgIpc) is 2.79. The molecule has 0 aromatic rings. The topological polar surface area (TPSA) is 17.1 Å². The predicted octanol–water partition coefficient (Wildman–Crippen LogP) is 3.84. The molecule has 3 atom stereocenters. The van der Waals surface area contributed by atoms with Gasteiger partial charge in [0.15, 0.2) is 0 Å². The highest BCUT2D eigenvalue weighted by atomic mass is 16.1. The molecule has 2 fully saturated rings. The number of fused-ring (bicyclic) bond motifs is 1. The van der Waals surface area contributed by atoms with Crippen molar-refractivity contribution in [1.82, 2.24) is 0 Å². The van der Waals surface area contributed by atoms with Crippen LogP contribution < -0.4 is 0 Å². The van der Waals surface area contributed by atoms with E-state index < -0.39 is 0 Å². The zero-order valence-electron chi connectivity index (χ0n) is 11.0. The van der Waals surface area contributed by atoms with E-state index in [9.17, 15) is 4.79 Å². The fraction of sp³-hybridized carbons (Fsp3) is 0.800. The maximum Gasteiger partial charge on any atom is 0.140 e. The molecule has 1 nitrogen and oxygen atoms in total. The molecule has 2 aliphatic carbocycles. The monoisotopic (exact) mass is 220 g/mol. The van der Waals surface area contributed by atoms with Crippen LogP contribution in [0, 0.1) is 29.1 Å². The lowest BCUT2D eigenvalue weighted by atomic mass is 9.64. The second kappa shape index (κ2) is 3.72. The summed E-state index contributed by atoms with van der Waals surface area (Å²) in [5.74, 6) is 2.53. The molecule has 0 aromatic carbocycles.